The van der Waals surface area contributed by atoms with Gasteiger partial charge in [-0.05, 0) is 12.1 Å². The second-order valence-electron chi connectivity index (χ2n) is 4.89. The lowest BCUT2D eigenvalue weighted by Gasteiger charge is -2.18. The molecule has 1 N–H and O–H groups in total. The van der Waals surface area contributed by atoms with Gasteiger partial charge < -0.3 is 4.90 Å². The first kappa shape index (κ1) is 16.0. The van der Waals surface area contributed by atoms with Crippen LogP contribution >= 0.6 is 11.8 Å². The van der Waals surface area contributed by atoms with E-state index in [9.17, 15) is 13.2 Å². The molecule has 3 rings (SSSR count). The molecule has 0 unspecified atom stereocenters. The van der Waals surface area contributed by atoms with Gasteiger partial charge in [0.05, 0.1) is 23.5 Å². The summed E-state index contributed by atoms with van der Waals surface area (Å²) in [6, 6.07) is 8.24. The van der Waals surface area contributed by atoms with E-state index in [1.807, 2.05) is 0 Å². The highest BCUT2D eigenvalue weighted by Crippen LogP contribution is 2.20. The molecule has 1 aliphatic heterocycles. The molecule has 8 nitrogen and oxygen atoms in total. The molecular weight excluding hydrogens is 338 g/mol. The molecule has 1 aromatic carbocycles. The van der Waals surface area contributed by atoms with Crippen LogP contribution in [0.4, 0.5) is 0 Å². The number of H-pyrrole nitrogens is 1. The Morgan fingerprint density at radius 2 is 2.04 bits per heavy atom. The number of carbonyl (C=O) groups is 1. The summed E-state index contributed by atoms with van der Waals surface area (Å²) < 4.78 is 26.3. The van der Waals surface area contributed by atoms with Crippen LogP contribution in [0.5, 0.6) is 0 Å². The highest BCUT2D eigenvalue weighted by Gasteiger charge is 2.33. The number of hydrogen-bond donors (Lipinski definition) is 1. The van der Waals surface area contributed by atoms with Crippen molar-refractivity contribution in [2.24, 2.45) is 0 Å². The summed E-state index contributed by atoms with van der Waals surface area (Å²) in [5, 5.41) is 10.6. The Morgan fingerprint density at radius 3 is 2.74 bits per heavy atom. The Labute approximate surface area is 137 Å². The molecule has 122 valence electrons. The summed E-state index contributed by atoms with van der Waals surface area (Å²) in [5.41, 5.74) is 0. The quantitative estimate of drug-likeness (QED) is 0.781. The average Bonchev–Trinajstić information content (AvgIpc) is 3.25. The molecule has 0 radical (unpaired) electrons. The predicted octanol–water partition coefficient (Wildman–Crippen LogP) is 0.387. The summed E-state index contributed by atoms with van der Waals surface area (Å²) in [4.78, 5) is 14.0. The van der Waals surface area contributed by atoms with Crippen LogP contribution in [0.2, 0.25) is 0 Å². The van der Waals surface area contributed by atoms with Gasteiger partial charge in [0.15, 0.2) is 0 Å². The number of thioether (sulfide) groups is 1. The van der Waals surface area contributed by atoms with E-state index in [1.54, 1.807) is 30.3 Å². The molecule has 10 heteroatoms. The van der Waals surface area contributed by atoms with Gasteiger partial charge in [-0.15, -0.1) is 5.10 Å². The van der Waals surface area contributed by atoms with E-state index in [-0.39, 0.29) is 23.2 Å². The summed E-state index contributed by atoms with van der Waals surface area (Å²) in [6.45, 7) is 0.775. The van der Waals surface area contributed by atoms with Crippen molar-refractivity contribution in [1.82, 2.24) is 24.6 Å². The molecule has 0 bridgehead atoms. The second kappa shape index (κ2) is 6.69. The molecule has 0 aliphatic carbocycles. The van der Waals surface area contributed by atoms with Crippen molar-refractivity contribution in [3.63, 3.8) is 0 Å². The molecule has 23 heavy (non-hydrogen) atoms. The topological polar surface area (TPSA) is 99.3 Å². The number of amides is 1. The first-order chi connectivity index (χ1) is 11.1. The Bertz CT molecular complexity index is 764. The Kier molecular flexibility index (Phi) is 4.64. The van der Waals surface area contributed by atoms with Gasteiger partial charge in [0.25, 0.3) is 0 Å². The largest absolute Gasteiger partial charge is 0.327 e. The van der Waals surface area contributed by atoms with E-state index in [4.69, 9.17) is 0 Å². The first-order valence-electron chi connectivity index (χ1n) is 6.89. The van der Waals surface area contributed by atoms with Crippen molar-refractivity contribution >= 4 is 27.7 Å². The third-order valence-corrected chi connectivity index (χ3v) is 6.15. The number of rotatable bonds is 5. The van der Waals surface area contributed by atoms with Crippen molar-refractivity contribution in [2.45, 2.75) is 9.92 Å². The lowest BCUT2D eigenvalue weighted by atomic mass is 10.4. The Balaban J connectivity index is 1.61. The third-order valence-electron chi connectivity index (χ3n) is 3.42. The minimum absolute atomic E-state index is 0.0788. The summed E-state index contributed by atoms with van der Waals surface area (Å²) in [6.07, 6.45) is 1.54. The van der Waals surface area contributed by atoms with Crippen LogP contribution in [0, 0.1) is 0 Å². The summed E-state index contributed by atoms with van der Waals surface area (Å²) in [7, 11) is -3.56. The predicted molar refractivity (Wildman–Crippen MR) is 84.0 cm³/mol. The smallest absolute Gasteiger partial charge is 0.244 e. The molecule has 1 aromatic heterocycles. The number of nitrogens with one attached hydrogen (secondary N) is 1. The van der Waals surface area contributed by atoms with Gasteiger partial charge in [0.2, 0.25) is 15.9 Å². The average molecular weight is 353 g/mol. The molecule has 0 spiro atoms. The lowest BCUT2D eigenvalue weighted by molar-refractivity contribution is -0.127. The van der Waals surface area contributed by atoms with E-state index in [2.05, 4.69) is 15.4 Å². The van der Waals surface area contributed by atoms with Gasteiger partial charge in [0, 0.05) is 13.1 Å². The molecule has 1 aliphatic rings. The normalized spacial score (nSPS) is 15.9. The van der Waals surface area contributed by atoms with Gasteiger partial charge in [-0.2, -0.15) is 14.6 Å². The first-order valence-corrected chi connectivity index (χ1v) is 9.31. The maximum Gasteiger partial charge on any atom is 0.244 e. The number of hydrogen-bond acceptors (Lipinski definition) is 6. The molecule has 2 heterocycles. The summed E-state index contributed by atoms with van der Waals surface area (Å²) >= 11 is 1.26. The van der Waals surface area contributed by atoms with Crippen LogP contribution in [0.15, 0.2) is 46.5 Å². The fourth-order valence-electron chi connectivity index (χ4n) is 2.19. The fraction of sp³-hybridized carbons (Fsp3) is 0.308. The zero-order valence-electron chi connectivity index (χ0n) is 12.1. The molecule has 1 fully saturated rings. The fourth-order valence-corrected chi connectivity index (χ4v) is 4.29. The molecular formula is C13H15N5O3S2. The highest BCUT2D eigenvalue weighted by molar-refractivity contribution is 7.99. The van der Waals surface area contributed by atoms with Gasteiger partial charge in [-0.1, -0.05) is 30.0 Å². The number of carbonyl (C=O) groups excluding carboxylic acids is 1. The van der Waals surface area contributed by atoms with E-state index in [0.717, 1.165) is 0 Å². The van der Waals surface area contributed by atoms with Crippen molar-refractivity contribution in [1.29, 1.82) is 0 Å². The molecule has 1 saturated heterocycles. The molecule has 2 aromatic rings. The number of aromatic amines is 1. The van der Waals surface area contributed by atoms with E-state index in [0.29, 0.717) is 18.1 Å². The van der Waals surface area contributed by atoms with E-state index >= 15 is 0 Å². The van der Waals surface area contributed by atoms with E-state index in [1.165, 1.54) is 27.2 Å². The van der Waals surface area contributed by atoms with Crippen molar-refractivity contribution in [2.75, 3.05) is 25.5 Å². The Hall–Kier alpha value is -1.91. The molecule has 0 saturated carbocycles. The van der Waals surface area contributed by atoms with Crippen LogP contribution in [-0.4, -0.2) is 64.5 Å². The van der Waals surface area contributed by atoms with Gasteiger partial charge >= 0.3 is 0 Å². The maximum absolute atomic E-state index is 12.5. The monoisotopic (exact) mass is 353 g/mol. The van der Waals surface area contributed by atoms with Gasteiger partial charge in [-0.25, -0.2) is 8.42 Å². The van der Waals surface area contributed by atoms with Crippen LogP contribution in [0.25, 0.3) is 0 Å². The van der Waals surface area contributed by atoms with Crippen LogP contribution in [0.1, 0.15) is 0 Å². The van der Waals surface area contributed by atoms with Crippen molar-refractivity contribution in [3.05, 3.63) is 36.5 Å². The third kappa shape index (κ3) is 3.54. The van der Waals surface area contributed by atoms with Gasteiger partial charge in [0.1, 0.15) is 5.03 Å². The maximum atomic E-state index is 12.5. The Morgan fingerprint density at radius 1 is 1.26 bits per heavy atom. The van der Waals surface area contributed by atoms with Crippen molar-refractivity contribution < 1.29 is 13.2 Å². The minimum Gasteiger partial charge on any atom is -0.327 e. The second-order valence-corrected chi connectivity index (χ2v) is 7.82. The van der Waals surface area contributed by atoms with Gasteiger partial charge in [-0.3, -0.25) is 4.79 Å². The standard InChI is InChI=1S/C13H15N5O3S2/c19-13(9-22-12-8-14-16-15-12)17-6-7-18(10-17)23(20,21)11-4-2-1-3-5-11/h1-5,8H,6-7,9-10H2,(H,14,15,16). The number of nitrogens with zero attached hydrogens (tertiary/aromatic N) is 4. The SMILES string of the molecule is O=C(CSc1cn[nH]n1)N1CCN(S(=O)(=O)c2ccccc2)C1. The zero-order chi connectivity index (χ0) is 16.3. The minimum atomic E-state index is -3.56. The van der Waals surface area contributed by atoms with Crippen molar-refractivity contribution in [3.8, 4) is 0 Å². The number of sulfonamides is 1. The lowest BCUT2D eigenvalue weighted by Crippen LogP contribution is -2.34. The number of aromatic nitrogens is 3. The van der Waals surface area contributed by atoms with Crippen LogP contribution < -0.4 is 0 Å². The van der Waals surface area contributed by atoms with E-state index < -0.39 is 10.0 Å². The molecule has 0 atom stereocenters. The zero-order valence-corrected chi connectivity index (χ0v) is 13.8. The molecule has 1 amide bonds. The summed E-state index contributed by atoms with van der Waals surface area (Å²) in [5.74, 6) is 0.0786. The highest BCUT2D eigenvalue weighted by atomic mass is 32.2. The van der Waals surface area contributed by atoms with Crippen LogP contribution in [-0.2, 0) is 14.8 Å². The van der Waals surface area contributed by atoms with Crippen LogP contribution in [0.3, 0.4) is 0 Å². The number of benzene rings is 1.